The van der Waals surface area contributed by atoms with Crippen molar-refractivity contribution in [1.29, 1.82) is 0 Å². The van der Waals surface area contributed by atoms with Crippen LogP contribution < -0.4 is 0 Å². The van der Waals surface area contributed by atoms with E-state index in [0.717, 1.165) is 19.3 Å². The summed E-state index contributed by atoms with van der Waals surface area (Å²) in [5.74, 6) is -0.0640. The molecule has 1 fully saturated rings. The molecule has 15 heavy (non-hydrogen) atoms. The molecule has 0 amide bonds. The zero-order chi connectivity index (χ0) is 11.6. The molecule has 3 heteroatoms. The van der Waals surface area contributed by atoms with Crippen molar-refractivity contribution in [1.82, 2.24) is 0 Å². The molecule has 0 bridgehead atoms. The van der Waals surface area contributed by atoms with Crippen molar-refractivity contribution in [2.45, 2.75) is 45.3 Å². The smallest absolute Gasteiger partial charge is 0.307 e. The zero-order valence-corrected chi connectivity index (χ0v) is 10.9. The first-order valence-corrected chi connectivity index (χ1v) is 6.90. The van der Waals surface area contributed by atoms with E-state index in [9.17, 15) is 4.79 Å². The molecule has 0 saturated heterocycles. The fraction of sp³-hybridized carbons (Fsp3) is 0.917. The summed E-state index contributed by atoms with van der Waals surface area (Å²) >= 11 is 1.72. The van der Waals surface area contributed by atoms with Crippen LogP contribution in [0.5, 0.6) is 0 Å². The maximum atomic E-state index is 11.1. The number of aliphatic carboxylic acids is 1. The summed E-state index contributed by atoms with van der Waals surface area (Å²) in [5.41, 5.74) is 0.317. The number of thioether (sulfide) groups is 1. The van der Waals surface area contributed by atoms with Crippen LogP contribution in [0.4, 0.5) is 0 Å². The van der Waals surface area contributed by atoms with E-state index in [1.165, 1.54) is 0 Å². The normalized spacial score (nSPS) is 32.7. The van der Waals surface area contributed by atoms with E-state index < -0.39 is 5.97 Å². The van der Waals surface area contributed by atoms with Crippen molar-refractivity contribution in [2.75, 3.05) is 6.26 Å². The highest BCUT2D eigenvalue weighted by Crippen LogP contribution is 2.43. The second-order valence-corrected chi connectivity index (χ2v) is 6.67. The quantitative estimate of drug-likeness (QED) is 0.791. The number of carbonyl (C=O) groups is 1. The molecule has 0 spiro atoms. The van der Waals surface area contributed by atoms with Gasteiger partial charge in [-0.1, -0.05) is 20.8 Å². The summed E-state index contributed by atoms with van der Waals surface area (Å²) in [6, 6.07) is 0. The Balaban J connectivity index is 2.67. The van der Waals surface area contributed by atoms with E-state index >= 15 is 0 Å². The molecule has 3 atom stereocenters. The van der Waals surface area contributed by atoms with Crippen LogP contribution >= 0.6 is 11.8 Å². The third-order valence-electron chi connectivity index (χ3n) is 3.64. The number of carboxylic acid groups (broad SMARTS) is 1. The van der Waals surface area contributed by atoms with Crippen LogP contribution in [-0.2, 0) is 4.79 Å². The molecule has 0 aromatic heterocycles. The summed E-state index contributed by atoms with van der Waals surface area (Å²) in [5, 5.41) is 9.42. The van der Waals surface area contributed by atoms with Crippen molar-refractivity contribution in [3.63, 3.8) is 0 Å². The van der Waals surface area contributed by atoms with Crippen molar-refractivity contribution in [3.8, 4) is 0 Å². The monoisotopic (exact) mass is 230 g/mol. The van der Waals surface area contributed by atoms with Crippen LogP contribution in [0.3, 0.4) is 0 Å². The number of rotatable bonds is 2. The Labute approximate surface area is 96.8 Å². The van der Waals surface area contributed by atoms with Gasteiger partial charge in [-0.3, -0.25) is 4.79 Å². The van der Waals surface area contributed by atoms with Gasteiger partial charge in [-0.2, -0.15) is 11.8 Å². The average Bonchev–Trinajstić information content (AvgIpc) is 2.15. The highest BCUT2D eigenvalue weighted by molar-refractivity contribution is 7.99. The van der Waals surface area contributed by atoms with E-state index in [1.54, 1.807) is 11.8 Å². The van der Waals surface area contributed by atoms with Crippen molar-refractivity contribution >= 4 is 17.7 Å². The summed E-state index contributed by atoms with van der Waals surface area (Å²) < 4.78 is 0. The van der Waals surface area contributed by atoms with Crippen LogP contribution in [0.2, 0.25) is 0 Å². The van der Waals surface area contributed by atoms with Gasteiger partial charge in [0.05, 0.1) is 5.92 Å². The van der Waals surface area contributed by atoms with Crippen molar-refractivity contribution < 1.29 is 9.90 Å². The molecule has 0 aliphatic heterocycles. The summed E-state index contributed by atoms with van der Waals surface area (Å²) in [6.45, 7) is 6.78. The molecular formula is C12H22O2S. The molecule has 88 valence electrons. The Morgan fingerprint density at radius 1 is 1.33 bits per heavy atom. The van der Waals surface area contributed by atoms with E-state index in [1.807, 2.05) is 6.26 Å². The Morgan fingerprint density at radius 2 is 1.93 bits per heavy atom. The molecule has 1 rings (SSSR count). The number of hydrogen-bond donors (Lipinski definition) is 1. The Hall–Kier alpha value is -0.180. The third-order valence-corrected chi connectivity index (χ3v) is 4.76. The summed E-state index contributed by atoms with van der Waals surface area (Å²) in [4.78, 5) is 11.1. The fourth-order valence-electron chi connectivity index (χ4n) is 2.46. The first kappa shape index (κ1) is 12.9. The molecular weight excluding hydrogens is 208 g/mol. The average molecular weight is 230 g/mol. The zero-order valence-electron chi connectivity index (χ0n) is 10.1. The fourth-order valence-corrected chi connectivity index (χ4v) is 3.46. The first-order chi connectivity index (χ1) is 6.86. The van der Waals surface area contributed by atoms with Gasteiger partial charge in [-0.05, 0) is 36.9 Å². The van der Waals surface area contributed by atoms with Gasteiger partial charge in [0.15, 0.2) is 0 Å². The third kappa shape index (κ3) is 3.13. The maximum Gasteiger partial charge on any atom is 0.307 e. The molecule has 0 heterocycles. The Bertz CT molecular complexity index is 232. The predicted molar refractivity (Wildman–Crippen MR) is 65.2 cm³/mol. The topological polar surface area (TPSA) is 37.3 Å². The molecule has 3 unspecified atom stereocenters. The SMILES string of the molecule is CSC1CC(C(C)(C)C)CCC1C(=O)O. The van der Waals surface area contributed by atoms with E-state index in [0.29, 0.717) is 16.6 Å². The molecule has 0 radical (unpaired) electrons. The van der Waals surface area contributed by atoms with Gasteiger partial charge < -0.3 is 5.11 Å². The minimum Gasteiger partial charge on any atom is -0.481 e. The number of hydrogen-bond acceptors (Lipinski definition) is 2. The molecule has 1 aliphatic rings. The highest BCUT2D eigenvalue weighted by atomic mass is 32.2. The van der Waals surface area contributed by atoms with Crippen LogP contribution in [0.1, 0.15) is 40.0 Å². The minimum absolute atomic E-state index is 0.126. The summed E-state index contributed by atoms with van der Waals surface area (Å²) in [6.07, 6.45) is 5.01. The molecule has 1 N–H and O–H groups in total. The van der Waals surface area contributed by atoms with Gasteiger partial charge in [0.1, 0.15) is 0 Å². The van der Waals surface area contributed by atoms with Gasteiger partial charge in [-0.25, -0.2) is 0 Å². The minimum atomic E-state index is -0.610. The molecule has 0 aromatic rings. The lowest BCUT2D eigenvalue weighted by molar-refractivity contribution is -0.143. The van der Waals surface area contributed by atoms with Crippen LogP contribution in [0.15, 0.2) is 0 Å². The molecule has 2 nitrogen and oxygen atoms in total. The van der Waals surface area contributed by atoms with Crippen LogP contribution in [0.25, 0.3) is 0 Å². The van der Waals surface area contributed by atoms with Gasteiger partial charge in [-0.15, -0.1) is 0 Å². The lowest BCUT2D eigenvalue weighted by Crippen LogP contribution is -2.36. The lowest BCUT2D eigenvalue weighted by atomic mass is 9.69. The second-order valence-electron chi connectivity index (χ2n) is 5.59. The largest absolute Gasteiger partial charge is 0.481 e. The van der Waals surface area contributed by atoms with Gasteiger partial charge in [0.25, 0.3) is 0 Å². The van der Waals surface area contributed by atoms with E-state index in [-0.39, 0.29) is 5.92 Å². The summed E-state index contributed by atoms with van der Waals surface area (Å²) in [7, 11) is 0. The lowest BCUT2D eigenvalue weighted by Gasteiger charge is -2.39. The van der Waals surface area contributed by atoms with Gasteiger partial charge >= 0.3 is 5.97 Å². The Kier molecular flexibility index (Phi) is 4.10. The predicted octanol–water partition coefficient (Wildman–Crippen LogP) is 3.27. The first-order valence-electron chi connectivity index (χ1n) is 5.62. The second kappa shape index (κ2) is 4.77. The van der Waals surface area contributed by atoms with E-state index in [2.05, 4.69) is 20.8 Å². The van der Waals surface area contributed by atoms with Crippen LogP contribution in [0, 0.1) is 17.3 Å². The van der Waals surface area contributed by atoms with Crippen molar-refractivity contribution in [2.24, 2.45) is 17.3 Å². The highest BCUT2D eigenvalue weighted by Gasteiger charge is 2.38. The maximum absolute atomic E-state index is 11.1. The molecule has 1 aliphatic carbocycles. The number of carboxylic acids is 1. The van der Waals surface area contributed by atoms with Gasteiger partial charge in [0.2, 0.25) is 0 Å². The van der Waals surface area contributed by atoms with E-state index in [4.69, 9.17) is 5.11 Å². The molecule has 1 saturated carbocycles. The van der Waals surface area contributed by atoms with Crippen LogP contribution in [-0.4, -0.2) is 22.6 Å². The Morgan fingerprint density at radius 3 is 2.33 bits per heavy atom. The van der Waals surface area contributed by atoms with Crippen molar-refractivity contribution in [3.05, 3.63) is 0 Å². The standard InChI is InChI=1S/C12H22O2S/c1-12(2,3)8-5-6-9(11(13)14)10(7-8)15-4/h8-10H,5-7H2,1-4H3,(H,13,14). The molecule has 0 aromatic carbocycles. The van der Waals surface area contributed by atoms with Gasteiger partial charge in [0, 0.05) is 5.25 Å².